The molecule has 0 unspecified atom stereocenters. The maximum absolute atomic E-state index is 12.8. The summed E-state index contributed by atoms with van der Waals surface area (Å²) in [6.07, 6.45) is 0. The number of aromatic nitrogens is 1. The second-order valence-corrected chi connectivity index (χ2v) is 6.22. The molecule has 5 nitrogen and oxygen atoms in total. The van der Waals surface area contributed by atoms with E-state index in [9.17, 15) is 9.59 Å². The highest BCUT2D eigenvalue weighted by atomic mass is 16.5. The van der Waals surface area contributed by atoms with Crippen molar-refractivity contribution >= 4 is 17.4 Å². The summed E-state index contributed by atoms with van der Waals surface area (Å²) in [5.74, 6) is -0.528. The van der Waals surface area contributed by atoms with E-state index in [0.717, 1.165) is 16.8 Å². The summed E-state index contributed by atoms with van der Waals surface area (Å²) in [5, 5.41) is 3.24. The molecule has 2 rings (SSSR count). The topological polar surface area (TPSA) is 71.2 Å². The largest absolute Gasteiger partial charge is 0.465 e. The van der Waals surface area contributed by atoms with Crippen LogP contribution in [-0.4, -0.2) is 29.9 Å². The number of hydrogen-bond donors (Lipinski definition) is 2. The van der Waals surface area contributed by atoms with Gasteiger partial charge in [-0.2, -0.15) is 0 Å². The number of ether oxygens (including phenoxy) is 1. The van der Waals surface area contributed by atoms with Crippen molar-refractivity contribution in [2.24, 2.45) is 0 Å². The summed E-state index contributed by atoms with van der Waals surface area (Å²) in [7, 11) is 1.33. The van der Waals surface area contributed by atoms with Gasteiger partial charge in [0.25, 0.3) is 0 Å². The predicted molar refractivity (Wildman–Crippen MR) is 94.9 cm³/mol. The fourth-order valence-corrected chi connectivity index (χ4v) is 2.99. The molecule has 2 aromatic rings. The van der Waals surface area contributed by atoms with Gasteiger partial charge in [0.2, 0.25) is 5.78 Å². The van der Waals surface area contributed by atoms with Crippen molar-refractivity contribution in [3.05, 3.63) is 51.8 Å². The van der Waals surface area contributed by atoms with Gasteiger partial charge in [-0.15, -0.1) is 0 Å². The van der Waals surface area contributed by atoms with Crippen LogP contribution in [0.2, 0.25) is 0 Å². The lowest BCUT2D eigenvalue weighted by Crippen LogP contribution is -2.27. The lowest BCUT2D eigenvalue weighted by Gasteiger charge is -2.15. The molecule has 0 aliphatic rings. The summed E-state index contributed by atoms with van der Waals surface area (Å²) in [5.41, 5.74) is 5.31. The standard InChI is InChI=1S/C19H24N2O3/c1-10-7-11(2)9-15(8-10)20-14(5)18(22)17-12(3)16(13(4)21-17)19(23)24-6/h7-9,14,20-21H,1-6H3/t14-/m0/s1. The second-order valence-electron chi connectivity index (χ2n) is 6.22. The summed E-state index contributed by atoms with van der Waals surface area (Å²) in [6.45, 7) is 9.37. The molecular weight excluding hydrogens is 304 g/mol. The fourth-order valence-electron chi connectivity index (χ4n) is 2.99. The lowest BCUT2D eigenvalue weighted by molar-refractivity contribution is 0.0599. The van der Waals surface area contributed by atoms with E-state index in [4.69, 9.17) is 4.74 Å². The number of hydrogen-bond acceptors (Lipinski definition) is 4. The number of esters is 1. The SMILES string of the molecule is COC(=O)c1c(C)[nH]c(C(=O)[C@H](C)Nc2cc(C)cc(C)c2)c1C. The molecule has 1 atom stereocenters. The molecule has 2 N–H and O–H groups in total. The molecule has 0 fully saturated rings. The molecule has 0 spiro atoms. The van der Waals surface area contributed by atoms with Crippen molar-refractivity contribution in [3.8, 4) is 0 Å². The lowest BCUT2D eigenvalue weighted by atomic mass is 10.0. The molecule has 1 heterocycles. The van der Waals surface area contributed by atoms with E-state index in [1.54, 1.807) is 13.8 Å². The Bertz CT molecular complexity index is 770. The van der Waals surface area contributed by atoms with Gasteiger partial charge in [-0.05, 0) is 63.4 Å². The van der Waals surface area contributed by atoms with Gasteiger partial charge in [-0.3, -0.25) is 4.79 Å². The molecule has 0 aliphatic heterocycles. The van der Waals surface area contributed by atoms with Gasteiger partial charge < -0.3 is 15.0 Å². The molecule has 0 radical (unpaired) electrons. The van der Waals surface area contributed by atoms with Gasteiger partial charge in [0.15, 0.2) is 0 Å². The van der Waals surface area contributed by atoms with Crippen LogP contribution >= 0.6 is 0 Å². The number of nitrogens with one attached hydrogen (secondary N) is 2. The minimum atomic E-state index is -0.435. The molecule has 5 heteroatoms. The molecule has 1 aromatic carbocycles. The van der Waals surface area contributed by atoms with Crippen molar-refractivity contribution < 1.29 is 14.3 Å². The Morgan fingerprint density at radius 1 is 1.08 bits per heavy atom. The zero-order chi connectivity index (χ0) is 18.0. The third kappa shape index (κ3) is 3.50. The average molecular weight is 328 g/mol. The number of ketones is 1. The first-order chi connectivity index (χ1) is 11.2. The number of H-pyrrole nitrogens is 1. The summed E-state index contributed by atoms with van der Waals surface area (Å²) < 4.78 is 4.79. The van der Waals surface area contributed by atoms with E-state index in [1.807, 2.05) is 32.9 Å². The van der Waals surface area contributed by atoms with Crippen LogP contribution in [0.15, 0.2) is 18.2 Å². The van der Waals surface area contributed by atoms with Gasteiger partial charge in [-0.25, -0.2) is 4.79 Å². The van der Waals surface area contributed by atoms with Crippen LogP contribution in [0.1, 0.15) is 50.2 Å². The third-order valence-electron chi connectivity index (χ3n) is 4.07. The first-order valence-corrected chi connectivity index (χ1v) is 7.91. The molecule has 0 amide bonds. The van der Waals surface area contributed by atoms with Crippen LogP contribution in [0.4, 0.5) is 5.69 Å². The molecule has 0 saturated heterocycles. The van der Waals surface area contributed by atoms with Gasteiger partial charge in [-0.1, -0.05) is 6.07 Å². The smallest absolute Gasteiger partial charge is 0.339 e. The molecule has 128 valence electrons. The van der Waals surface area contributed by atoms with Crippen molar-refractivity contribution in [3.63, 3.8) is 0 Å². The monoisotopic (exact) mass is 328 g/mol. The van der Waals surface area contributed by atoms with Crippen LogP contribution < -0.4 is 5.32 Å². The number of rotatable bonds is 5. The molecular formula is C19H24N2O3. The van der Waals surface area contributed by atoms with Crippen molar-refractivity contribution in [1.82, 2.24) is 4.98 Å². The van der Waals surface area contributed by atoms with Crippen molar-refractivity contribution in [1.29, 1.82) is 0 Å². The summed E-state index contributed by atoms with van der Waals surface area (Å²) in [4.78, 5) is 27.7. The Hall–Kier alpha value is -2.56. The molecule has 0 bridgehead atoms. The molecule has 0 saturated carbocycles. The average Bonchev–Trinajstić information content (AvgIpc) is 2.79. The number of aromatic amines is 1. The Balaban J connectivity index is 2.26. The van der Waals surface area contributed by atoms with E-state index >= 15 is 0 Å². The van der Waals surface area contributed by atoms with Crippen molar-refractivity contribution in [2.75, 3.05) is 12.4 Å². The highest BCUT2D eigenvalue weighted by Crippen LogP contribution is 2.21. The zero-order valence-corrected chi connectivity index (χ0v) is 15.0. The number of carbonyl (C=O) groups excluding carboxylic acids is 2. The number of aryl methyl sites for hydroxylation is 3. The zero-order valence-electron chi connectivity index (χ0n) is 15.0. The van der Waals surface area contributed by atoms with E-state index in [-0.39, 0.29) is 5.78 Å². The Kier molecular flexibility index (Phi) is 5.12. The molecule has 24 heavy (non-hydrogen) atoms. The van der Waals surface area contributed by atoms with E-state index < -0.39 is 12.0 Å². The molecule has 0 aliphatic carbocycles. The maximum Gasteiger partial charge on any atom is 0.339 e. The fraction of sp³-hybridized carbons (Fsp3) is 0.368. The van der Waals surface area contributed by atoms with Crippen LogP contribution in [-0.2, 0) is 4.74 Å². The number of methoxy groups -OCH3 is 1. The number of anilines is 1. The Labute approximate surface area is 142 Å². The quantitative estimate of drug-likeness (QED) is 0.648. The van der Waals surface area contributed by atoms with Gasteiger partial charge in [0.05, 0.1) is 24.4 Å². The van der Waals surface area contributed by atoms with Gasteiger partial charge in [0, 0.05) is 11.4 Å². The number of Topliss-reactive ketones (excluding diaryl/α,β-unsaturated/α-hetero) is 1. The van der Waals surface area contributed by atoms with Gasteiger partial charge >= 0.3 is 5.97 Å². The first-order valence-electron chi connectivity index (χ1n) is 7.91. The predicted octanol–water partition coefficient (Wildman–Crippen LogP) is 3.72. The normalized spacial score (nSPS) is 11.9. The van der Waals surface area contributed by atoms with Crippen LogP contribution in [0.5, 0.6) is 0 Å². The second kappa shape index (κ2) is 6.91. The Morgan fingerprint density at radius 2 is 1.67 bits per heavy atom. The third-order valence-corrected chi connectivity index (χ3v) is 4.07. The minimum absolute atomic E-state index is 0.0927. The van der Waals surface area contributed by atoms with Crippen LogP contribution in [0.25, 0.3) is 0 Å². The van der Waals surface area contributed by atoms with Crippen LogP contribution in [0, 0.1) is 27.7 Å². The van der Waals surface area contributed by atoms with Crippen LogP contribution in [0.3, 0.4) is 0 Å². The molecule has 1 aromatic heterocycles. The number of carbonyl (C=O) groups is 2. The Morgan fingerprint density at radius 3 is 2.21 bits per heavy atom. The van der Waals surface area contributed by atoms with E-state index in [2.05, 4.69) is 16.4 Å². The summed E-state index contributed by atoms with van der Waals surface area (Å²) in [6, 6.07) is 5.67. The van der Waals surface area contributed by atoms with Gasteiger partial charge in [0.1, 0.15) is 0 Å². The van der Waals surface area contributed by atoms with E-state index in [0.29, 0.717) is 22.5 Å². The highest BCUT2D eigenvalue weighted by molar-refractivity contribution is 6.04. The highest BCUT2D eigenvalue weighted by Gasteiger charge is 2.25. The van der Waals surface area contributed by atoms with E-state index in [1.165, 1.54) is 7.11 Å². The summed E-state index contributed by atoms with van der Waals surface area (Å²) >= 11 is 0. The minimum Gasteiger partial charge on any atom is -0.465 e. The number of benzene rings is 1. The van der Waals surface area contributed by atoms with Crippen molar-refractivity contribution in [2.45, 2.75) is 40.7 Å². The first kappa shape index (κ1) is 17.8. The maximum atomic E-state index is 12.8.